The van der Waals surface area contributed by atoms with Crippen LogP contribution in [0.2, 0.25) is 56.4 Å². The van der Waals surface area contributed by atoms with Gasteiger partial charge in [0, 0.05) is 40.4 Å². The van der Waals surface area contributed by atoms with Crippen LogP contribution >= 0.6 is 50.7 Å². The fourth-order valence-electron chi connectivity index (χ4n) is 1.81. The maximum Gasteiger partial charge on any atom is 0.189 e. The van der Waals surface area contributed by atoms with Crippen molar-refractivity contribution in [2.24, 2.45) is 0 Å². The minimum Gasteiger partial charge on any atom is -0.466 e. The largest absolute Gasteiger partial charge is 0.466 e. The van der Waals surface area contributed by atoms with Crippen LogP contribution < -0.4 is 4.74 Å². The minimum atomic E-state index is -1.03. The molecule has 9 heteroatoms. The second-order valence-electron chi connectivity index (χ2n) is 9.12. The molecule has 0 aliphatic carbocycles. The van der Waals surface area contributed by atoms with Crippen molar-refractivity contribution >= 4 is 66.9 Å². The molecule has 0 aliphatic heterocycles. The fraction of sp³-hybridized carbons (Fsp3) is 0.714. The lowest BCUT2D eigenvalue weighted by Gasteiger charge is -2.16. The molecule has 0 bridgehead atoms. The molecule has 0 radical (unpaired) electrons. The average molecular weight is 583 g/mol. The van der Waals surface area contributed by atoms with Crippen LogP contribution in [0, 0.1) is 6.92 Å². The Morgan fingerprint density at radius 3 is 1.80 bits per heavy atom. The predicted molar refractivity (Wildman–Crippen MR) is 145 cm³/mol. The Labute approximate surface area is 210 Å². The summed E-state index contributed by atoms with van der Waals surface area (Å²) in [5.74, 6) is 0.672. The van der Waals surface area contributed by atoms with Crippen molar-refractivity contribution in [3.63, 3.8) is 0 Å². The van der Waals surface area contributed by atoms with Crippen LogP contribution in [0.5, 0.6) is 5.75 Å². The minimum absolute atomic E-state index is 0.194. The van der Waals surface area contributed by atoms with E-state index in [1.807, 2.05) is 26.0 Å². The lowest BCUT2D eigenvalue weighted by atomic mass is 10.2. The van der Waals surface area contributed by atoms with Gasteiger partial charge < -0.3 is 14.2 Å². The third-order valence-electron chi connectivity index (χ3n) is 3.71. The quantitative estimate of drug-likeness (QED) is 0.119. The number of rotatable bonds is 10. The number of alkyl halides is 2. The lowest BCUT2D eigenvalue weighted by Crippen LogP contribution is -2.22. The molecule has 1 aromatic carbocycles. The highest BCUT2D eigenvalue weighted by atomic mass is 79.9. The average Bonchev–Trinajstić information content (AvgIpc) is 2.58. The van der Waals surface area contributed by atoms with E-state index >= 15 is 0 Å². The SMILES string of the molecule is CCOCC[Si](C)(C)C.Cc1cc(OCOCC[Si](C)(C)C)c(Cl)cc1Br.ClCCl. The maximum absolute atomic E-state index is 6.08. The number of ether oxygens (including phenoxy) is 3. The number of aryl methyl sites for hydroxylation is 1. The summed E-state index contributed by atoms with van der Waals surface area (Å²) in [6.07, 6.45) is 0. The molecule has 0 saturated carbocycles. The van der Waals surface area contributed by atoms with Crippen molar-refractivity contribution < 1.29 is 14.2 Å². The molecular weight excluding hydrogens is 543 g/mol. The van der Waals surface area contributed by atoms with E-state index in [-0.39, 0.29) is 12.1 Å². The van der Waals surface area contributed by atoms with Gasteiger partial charge in [0.15, 0.2) is 6.79 Å². The first-order valence-electron chi connectivity index (χ1n) is 10.1. The number of hydrogen-bond acceptors (Lipinski definition) is 3. The first-order valence-corrected chi connectivity index (χ1v) is 19.8. The predicted octanol–water partition coefficient (Wildman–Crippen LogP) is 8.88. The normalized spacial score (nSPS) is 11.2. The van der Waals surface area contributed by atoms with Gasteiger partial charge in [-0.05, 0) is 43.6 Å². The van der Waals surface area contributed by atoms with Crippen LogP contribution in [0.15, 0.2) is 16.6 Å². The van der Waals surface area contributed by atoms with Crippen molar-refractivity contribution in [1.29, 1.82) is 0 Å². The van der Waals surface area contributed by atoms with Crippen LogP contribution in [-0.2, 0) is 9.47 Å². The zero-order chi connectivity index (χ0) is 23.8. The van der Waals surface area contributed by atoms with Gasteiger partial charge in [0.1, 0.15) is 5.75 Å². The van der Waals surface area contributed by atoms with E-state index in [4.69, 9.17) is 49.0 Å². The summed E-state index contributed by atoms with van der Waals surface area (Å²) in [7, 11) is -1.85. The summed E-state index contributed by atoms with van der Waals surface area (Å²) < 4.78 is 17.2. The van der Waals surface area contributed by atoms with Crippen molar-refractivity contribution in [2.45, 2.75) is 65.2 Å². The van der Waals surface area contributed by atoms with Crippen LogP contribution in [0.4, 0.5) is 0 Å². The molecule has 0 spiro atoms. The Morgan fingerprint density at radius 1 is 0.900 bits per heavy atom. The van der Waals surface area contributed by atoms with E-state index in [9.17, 15) is 0 Å². The maximum atomic E-state index is 6.08. The first-order chi connectivity index (χ1) is 13.8. The van der Waals surface area contributed by atoms with Gasteiger partial charge in [0.2, 0.25) is 0 Å². The van der Waals surface area contributed by atoms with Crippen LogP contribution in [0.25, 0.3) is 0 Å². The number of halogens is 4. The van der Waals surface area contributed by atoms with Crippen molar-refractivity contribution in [2.75, 3.05) is 32.0 Å². The van der Waals surface area contributed by atoms with Crippen LogP contribution in [-0.4, -0.2) is 48.1 Å². The Hall–Kier alpha value is 0.724. The van der Waals surface area contributed by atoms with E-state index in [0.29, 0.717) is 10.8 Å². The molecule has 0 atom stereocenters. The van der Waals surface area contributed by atoms with Gasteiger partial charge in [-0.15, -0.1) is 23.2 Å². The Bertz CT molecular complexity index is 566. The number of benzene rings is 1. The molecule has 0 amide bonds. The van der Waals surface area contributed by atoms with E-state index in [1.165, 1.54) is 6.04 Å². The van der Waals surface area contributed by atoms with Gasteiger partial charge in [-0.1, -0.05) is 66.8 Å². The van der Waals surface area contributed by atoms with Gasteiger partial charge in [0.05, 0.1) is 10.4 Å². The molecule has 0 saturated heterocycles. The standard InChI is InChI=1S/C13H20BrClO2Si.C7H18OSi.CH2Cl2/c1-10-7-13(12(15)8-11(10)14)17-9-16-5-6-18(2,3)4;1-5-8-6-7-9(2,3)4;2-1-3/h7-8H,5-6,9H2,1-4H3;5-7H2,1-4H3;1H2. The van der Waals surface area contributed by atoms with Crippen LogP contribution in [0.3, 0.4) is 0 Å². The third kappa shape index (κ3) is 21.9. The van der Waals surface area contributed by atoms with E-state index < -0.39 is 16.1 Å². The zero-order valence-electron chi connectivity index (χ0n) is 19.8. The summed E-state index contributed by atoms with van der Waals surface area (Å²) in [5, 5.41) is 0.793. The molecule has 0 heterocycles. The molecule has 1 rings (SSSR count). The molecule has 1 aromatic rings. The molecule has 0 fully saturated rings. The Balaban J connectivity index is 0. The van der Waals surface area contributed by atoms with E-state index in [2.05, 4.69) is 55.2 Å². The number of hydrogen-bond donors (Lipinski definition) is 0. The van der Waals surface area contributed by atoms with Crippen molar-refractivity contribution in [3.8, 4) is 5.75 Å². The third-order valence-corrected chi connectivity index (χ3v) is 8.27. The Kier molecular flexibility index (Phi) is 19.9. The molecular formula is C21H40BrCl3O3Si2. The lowest BCUT2D eigenvalue weighted by molar-refractivity contribution is 0.0221. The summed E-state index contributed by atoms with van der Waals surface area (Å²) in [5.41, 5.74) is 1.09. The van der Waals surface area contributed by atoms with Crippen molar-refractivity contribution in [3.05, 3.63) is 27.2 Å². The molecule has 0 aromatic heterocycles. The smallest absolute Gasteiger partial charge is 0.189 e. The van der Waals surface area contributed by atoms with Gasteiger partial charge >= 0.3 is 0 Å². The second-order valence-corrected chi connectivity index (χ2v) is 22.4. The zero-order valence-corrected chi connectivity index (χ0v) is 25.7. The topological polar surface area (TPSA) is 27.7 Å². The molecule has 30 heavy (non-hydrogen) atoms. The first kappa shape index (κ1) is 32.9. The van der Waals surface area contributed by atoms with E-state index in [1.54, 1.807) is 0 Å². The van der Waals surface area contributed by atoms with E-state index in [0.717, 1.165) is 35.9 Å². The van der Waals surface area contributed by atoms with Gasteiger partial charge in [0.25, 0.3) is 0 Å². The highest BCUT2D eigenvalue weighted by Gasteiger charge is 2.12. The Morgan fingerprint density at radius 2 is 1.37 bits per heavy atom. The second kappa shape index (κ2) is 18.2. The monoisotopic (exact) mass is 580 g/mol. The molecule has 0 N–H and O–H groups in total. The molecule has 178 valence electrons. The highest BCUT2D eigenvalue weighted by Crippen LogP contribution is 2.30. The molecule has 3 nitrogen and oxygen atoms in total. The molecule has 0 unspecified atom stereocenters. The van der Waals surface area contributed by atoms with Gasteiger partial charge in [-0.25, -0.2) is 0 Å². The summed E-state index contributed by atoms with van der Waals surface area (Å²) in [4.78, 5) is 0. The fourth-order valence-corrected chi connectivity index (χ4v) is 4.01. The summed E-state index contributed by atoms with van der Waals surface area (Å²) >= 11 is 19.0. The summed E-state index contributed by atoms with van der Waals surface area (Å²) in [6.45, 7) is 21.0. The van der Waals surface area contributed by atoms with Crippen molar-refractivity contribution in [1.82, 2.24) is 0 Å². The van der Waals surface area contributed by atoms with Gasteiger partial charge in [-0.2, -0.15) is 0 Å². The van der Waals surface area contributed by atoms with Gasteiger partial charge in [-0.3, -0.25) is 0 Å². The highest BCUT2D eigenvalue weighted by molar-refractivity contribution is 9.10. The summed E-state index contributed by atoms with van der Waals surface area (Å²) in [6, 6.07) is 6.19. The van der Waals surface area contributed by atoms with Crippen LogP contribution in [0.1, 0.15) is 12.5 Å². The molecule has 0 aliphatic rings.